The second-order valence-corrected chi connectivity index (χ2v) is 8.37. The third-order valence-corrected chi connectivity index (χ3v) is 5.63. The summed E-state index contributed by atoms with van der Waals surface area (Å²) in [6, 6.07) is 15.9. The monoisotopic (exact) mass is 423 g/mol. The second-order valence-electron chi connectivity index (χ2n) is 8.01. The number of halogens is 1. The first-order chi connectivity index (χ1) is 14.5. The Morgan fingerprint density at radius 1 is 1.17 bits per heavy atom. The van der Waals surface area contributed by atoms with Gasteiger partial charge in [-0.3, -0.25) is 4.79 Å². The highest BCUT2D eigenvalue weighted by Gasteiger charge is 2.22. The Hall–Kier alpha value is -2.63. The van der Waals surface area contributed by atoms with Crippen LogP contribution in [-0.2, 0) is 17.9 Å². The molecule has 1 heterocycles. The fourth-order valence-electron chi connectivity index (χ4n) is 3.34. The van der Waals surface area contributed by atoms with Crippen LogP contribution in [0.2, 0.25) is 5.15 Å². The van der Waals surface area contributed by atoms with Gasteiger partial charge in [0.05, 0.1) is 24.4 Å². The van der Waals surface area contributed by atoms with E-state index in [0.29, 0.717) is 35.2 Å². The highest BCUT2D eigenvalue weighted by molar-refractivity contribution is 6.33. The molecule has 5 nitrogen and oxygen atoms in total. The molecule has 1 saturated carbocycles. The zero-order valence-electron chi connectivity index (χ0n) is 17.3. The van der Waals surface area contributed by atoms with Gasteiger partial charge in [-0.05, 0) is 55.9 Å². The number of rotatable bonds is 8. The van der Waals surface area contributed by atoms with Crippen molar-refractivity contribution in [1.82, 2.24) is 9.78 Å². The van der Waals surface area contributed by atoms with E-state index in [1.54, 1.807) is 11.6 Å². The number of ether oxygens (including phenoxy) is 1. The molecule has 3 aromatic rings. The summed E-state index contributed by atoms with van der Waals surface area (Å²) in [5.74, 6) is 0.471. The van der Waals surface area contributed by atoms with E-state index >= 15 is 0 Å². The van der Waals surface area contributed by atoms with E-state index < -0.39 is 0 Å². The molecule has 0 unspecified atom stereocenters. The van der Waals surface area contributed by atoms with Crippen molar-refractivity contribution in [3.05, 3.63) is 81.6 Å². The number of nitrogens with zero attached hydrogens (tertiary/aromatic N) is 2. The molecule has 30 heavy (non-hydrogen) atoms. The van der Waals surface area contributed by atoms with Crippen molar-refractivity contribution in [3.63, 3.8) is 0 Å². The van der Waals surface area contributed by atoms with Crippen LogP contribution in [0.25, 0.3) is 0 Å². The van der Waals surface area contributed by atoms with Gasteiger partial charge in [0.15, 0.2) is 0 Å². The van der Waals surface area contributed by atoms with Crippen molar-refractivity contribution in [2.45, 2.75) is 39.8 Å². The number of aryl methyl sites for hydroxylation is 2. The van der Waals surface area contributed by atoms with Crippen LogP contribution in [0, 0.1) is 19.8 Å². The minimum absolute atomic E-state index is 0.260. The molecule has 156 valence electrons. The Kier molecular flexibility index (Phi) is 6.21. The highest BCUT2D eigenvalue weighted by atomic mass is 35.5. The van der Waals surface area contributed by atoms with Crippen molar-refractivity contribution in [2.24, 2.45) is 5.92 Å². The number of anilines is 1. The number of hydrogen-bond donors (Lipinski definition) is 1. The van der Waals surface area contributed by atoms with E-state index in [2.05, 4.69) is 22.5 Å². The molecule has 4 rings (SSSR count). The summed E-state index contributed by atoms with van der Waals surface area (Å²) in [4.78, 5) is 12.9. The Morgan fingerprint density at radius 2 is 1.93 bits per heavy atom. The van der Waals surface area contributed by atoms with E-state index in [-0.39, 0.29) is 5.91 Å². The molecule has 0 aliphatic heterocycles. The van der Waals surface area contributed by atoms with Crippen LogP contribution in [-0.4, -0.2) is 22.3 Å². The molecule has 0 radical (unpaired) electrons. The summed E-state index contributed by atoms with van der Waals surface area (Å²) in [5.41, 5.74) is 5.03. The lowest BCUT2D eigenvalue weighted by Crippen LogP contribution is -2.13. The predicted octanol–water partition coefficient (Wildman–Crippen LogP) is 5.38. The molecule has 1 aromatic heterocycles. The van der Waals surface area contributed by atoms with Gasteiger partial charge < -0.3 is 10.1 Å². The number of carbonyl (C=O) groups is 1. The van der Waals surface area contributed by atoms with Crippen LogP contribution in [0.15, 0.2) is 48.5 Å². The highest BCUT2D eigenvalue weighted by Crippen LogP contribution is 2.29. The van der Waals surface area contributed by atoms with Gasteiger partial charge in [0.2, 0.25) is 0 Å². The topological polar surface area (TPSA) is 56.2 Å². The second kappa shape index (κ2) is 9.02. The summed E-state index contributed by atoms with van der Waals surface area (Å²) >= 11 is 6.53. The summed E-state index contributed by atoms with van der Waals surface area (Å²) in [6.07, 6.45) is 2.54. The standard InChI is InChI=1S/C24H26ClN3O2/c1-16-6-8-18(9-7-16)13-28-23(25)22(17(2)27-28)24(29)26-21-5-3-4-20(12-21)15-30-14-19-10-11-19/h3-9,12,19H,10-11,13-15H2,1-2H3,(H,26,29). The van der Waals surface area contributed by atoms with Crippen LogP contribution in [0.3, 0.4) is 0 Å². The minimum Gasteiger partial charge on any atom is -0.376 e. The van der Waals surface area contributed by atoms with Gasteiger partial charge in [-0.15, -0.1) is 0 Å². The van der Waals surface area contributed by atoms with E-state index in [0.717, 1.165) is 23.7 Å². The number of carbonyl (C=O) groups excluding carboxylic acids is 1. The van der Waals surface area contributed by atoms with E-state index in [1.807, 2.05) is 43.3 Å². The van der Waals surface area contributed by atoms with Crippen LogP contribution in [0.4, 0.5) is 5.69 Å². The number of benzene rings is 2. The molecule has 1 amide bonds. The molecular weight excluding hydrogens is 398 g/mol. The maximum atomic E-state index is 12.9. The summed E-state index contributed by atoms with van der Waals surface area (Å²) in [6.45, 7) is 5.72. The molecule has 1 fully saturated rings. The summed E-state index contributed by atoms with van der Waals surface area (Å²) < 4.78 is 7.41. The smallest absolute Gasteiger partial charge is 0.260 e. The molecule has 0 bridgehead atoms. The average molecular weight is 424 g/mol. The maximum Gasteiger partial charge on any atom is 0.260 e. The van der Waals surface area contributed by atoms with Crippen molar-refractivity contribution < 1.29 is 9.53 Å². The summed E-state index contributed by atoms with van der Waals surface area (Å²) in [7, 11) is 0. The van der Waals surface area contributed by atoms with Crippen molar-refractivity contribution in [1.29, 1.82) is 0 Å². The molecule has 1 N–H and O–H groups in total. The molecule has 0 saturated heterocycles. The van der Waals surface area contributed by atoms with Crippen LogP contribution in [0.1, 0.15) is 45.6 Å². The lowest BCUT2D eigenvalue weighted by atomic mass is 10.1. The molecular formula is C24H26ClN3O2. The lowest BCUT2D eigenvalue weighted by molar-refractivity contribution is 0.102. The first kappa shape index (κ1) is 20.6. The average Bonchev–Trinajstić information content (AvgIpc) is 3.49. The zero-order valence-corrected chi connectivity index (χ0v) is 18.1. The Labute approximate surface area is 182 Å². The molecule has 6 heteroatoms. The maximum absolute atomic E-state index is 12.9. The first-order valence-electron chi connectivity index (χ1n) is 10.3. The van der Waals surface area contributed by atoms with Crippen molar-refractivity contribution >= 4 is 23.2 Å². The van der Waals surface area contributed by atoms with E-state index in [4.69, 9.17) is 16.3 Å². The molecule has 1 aliphatic carbocycles. The minimum atomic E-state index is -0.260. The predicted molar refractivity (Wildman–Crippen MR) is 119 cm³/mol. The van der Waals surface area contributed by atoms with E-state index in [1.165, 1.54) is 18.4 Å². The van der Waals surface area contributed by atoms with Gasteiger partial charge in [-0.1, -0.05) is 53.6 Å². The Balaban J connectivity index is 1.44. The number of amides is 1. The van der Waals surface area contributed by atoms with Crippen LogP contribution < -0.4 is 5.32 Å². The Morgan fingerprint density at radius 3 is 2.67 bits per heavy atom. The normalized spacial score (nSPS) is 13.4. The van der Waals surface area contributed by atoms with Gasteiger partial charge in [-0.2, -0.15) is 5.10 Å². The quantitative estimate of drug-likeness (QED) is 0.529. The fourth-order valence-corrected chi connectivity index (χ4v) is 3.66. The SMILES string of the molecule is Cc1ccc(Cn2nc(C)c(C(=O)Nc3cccc(COCC4CC4)c3)c2Cl)cc1. The number of aromatic nitrogens is 2. The van der Waals surface area contributed by atoms with Crippen LogP contribution >= 0.6 is 11.6 Å². The van der Waals surface area contributed by atoms with Crippen molar-refractivity contribution in [3.8, 4) is 0 Å². The third kappa shape index (κ3) is 5.10. The molecule has 1 aliphatic rings. The molecule has 0 spiro atoms. The number of nitrogens with one attached hydrogen (secondary N) is 1. The first-order valence-corrected chi connectivity index (χ1v) is 10.6. The van der Waals surface area contributed by atoms with Gasteiger partial charge in [-0.25, -0.2) is 4.68 Å². The van der Waals surface area contributed by atoms with Gasteiger partial charge in [0, 0.05) is 12.3 Å². The third-order valence-electron chi connectivity index (χ3n) is 5.25. The molecule has 0 atom stereocenters. The molecule has 2 aromatic carbocycles. The van der Waals surface area contributed by atoms with Gasteiger partial charge in [0.1, 0.15) is 5.15 Å². The van der Waals surface area contributed by atoms with Gasteiger partial charge in [0.25, 0.3) is 5.91 Å². The van der Waals surface area contributed by atoms with Gasteiger partial charge >= 0.3 is 0 Å². The summed E-state index contributed by atoms with van der Waals surface area (Å²) in [5, 5.41) is 7.76. The number of hydrogen-bond acceptors (Lipinski definition) is 3. The fraction of sp³-hybridized carbons (Fsp3) is 0.333. The lowest BCUT2D eigenvalue weighted by Gasteiger charge is -2.08. The Bertz CT molecular complexity index is 1040. The van der Waals surface area contributed by atoms with E-state index in [9.17, 15) is 4.79 Å². The largest absolute Gasteiger partial charge is 0.376 e. The van der Waals surface area contributed by atoms with Crippen molar-refractivity contribution in [2.75, 3.05) is 11.9 Å². The van der Waals surface area contributed by atoms with Crippen LogP contribution in [0.5, 0.6) is 0 Å². The zero-order chi connectivity index (χ0) is 21.1.